The van der Waals surface area contributed by atoms with Gasteiger partial charge in [-0.05, 0) is 6.42 Å². The van der Waals surface area contributed by atoms with Crippen molar-refractivity contribution in [2.45, 2.75) is 26.1 Å². The van der Waals surface area contributed by atoms with Crippen LogP contribution in [0.1, 0.15) is 19.8 Å². The first-order chi connectivity index (χ1) is 3.85. The molecule has 1 unspecified atom stereocenters. The van der Waals surface area contributed by atoms with Crippen LogP contribution in [0.5, 0.6) is 0 Å². The summed E-state index contributed by atoms with van der Waals surface area (Å²) in [7, 11) is 1.58. The van der Waals surface area contributed by atoms with E-state index in [1.54, 1.807) is 7.11 Å². The molecule has 50 valence electrons. The molecule has 0 aromatic heterocycles. The first kappa shape index (κ1) is 7.88. The summed E-state index contributed by atoms with van der Waals surface area (Å²) >= 11 is 0. The maximum Gasteiger partial charge on any atom is 0.176 e. The van der Waals surface area contributed by atoms with E-state index in [4.69, 9.17) is 10.6 Å². The molecule has 0 saturated carbocycles. The molecule has 0 aliphatic rings. The van der Waals surface area contributed by atoms with Gasteiger partial charge in [0.25, 0.3) is 0 Å². The lowest BCUT2D eigenvalue weighted by molar-refractivity contribution is -0.130. The Balaban J connectivity index is 3.07. The number of rotatable bonds is 4. The van der Waals surface area contributed by atoms with E-state index in [0.717, 1.165) is 12.8 Å². The van der Waals surface area contributed by atoms with Crippen molar-refractivity contribution in [2.24, 2.45) is 5.90 Å². The maximum atomic E-state index is 4.84. The second-order valence-electron chi connectivity index (χ2n) is 1.59. The van der Waals surface area contributed by atoms with Gasteiger partial charge in [-0.3, -0.25) is 4.84 Å². The van der Waals surface area contributed by atoms with Gasteiger partial charge < -0.3 is 4.74 Å². The van der Waals surface area contributed by atoms with Gasteiger partial charge in [0.1, 0.15) is 0 Å². The van der Waals surface area contributed by atoms with Gasteiger partial charge in [-0.25, -0.2) is 5.90 Å². The van der Waals surface area contributed by atoms with Crippen LogP contribution in [0, 0.1) is 0 Å². The van der Waals surface area contributed by atoms with Crippen molar-refractivity contribution in [3.63, 3.8) is 0 Å². The first-order valence-corrected chi connectivity index (χ1v) is 2.73. The van der Waals surface area contributed by atoms with E-state index in [2.05, 4.69) is 4.84 Å². The van der Waals surface area contributed by atoms with Crippen LogP contribution >= 0.6 is 0 Å². The second kappa shape index (κ2) is 5.03. The monoisotopic (exact) mass is 119 g/mol. The third-order valence-corrected chi connectivity index (χ3v) is 0.939. The zero-order chi connectivity index (χ0) is 6.41. The minimum Gasteiger partial charge on any atom is -0.354 e. The third-order valence-electron chi connectivity index (χ3n) is 0.939. The van der Waals surface area contributed by atoms with Crippen molar-refractivity contribution in [1.29, 1.82) is 0 Å². The summed E-state index contributed by atoms with van der Waals surface area (Å²) < 4.78 is 4.79. The number of methoxy groups -OCH3 is 1. The minimum absolute atomic E-state index is 0.222. The molecule has 0 aliphatic carbocycles. The molecular formula is C5H13NO2. The quantitative estimate of drug-likeness (QED) is 0.436. The van der Waals surface area contributed by atoms with Crippen LogP contribution in [0.15, 0.2) is 0 Å². The molecular weight excluding hydrogens is 106 g/mol. The summed E-state index contributed by atoms with van der Waals surface area (Å²) in [5.74, 6) is 4.84. The van der Waals surface area contributed by atoms with Crippen LogP contribution < -0.4 is 5.90 Å². The van der Waals surface area contributed by atoms with Crippen molar-refractivity contribution in [2.75, 3.05) is 7.11 Å². The highest BCUT2D eigenvalue weighted by molar-refractivity contribution is 4.37. The molecule has 2 N–H and O–H groups in total. The van der Waals surface area contributed by atoms with Crippen molar-refractivity contribution in [3.8, 4) is 0 Å². The van der Waals surface area contributed by atoms with Gasteiger partial charge in [0.2, 0.25) is 0 Å². The Labute approximate surface area is 49.7 Å². The summed E-state index contributed by atoms with van der Waals surface area (Å²) in [5.41, 5.74) is 0. The predicted molar refractivity (Wildman–Crippen MR) is 31.0 cm³/mol. The molecule has 0 rings (SSSR count). The average molecular weight is 119 g/mol. The van der Waals surface area contributed by atoms with Gasteiger partial charge in [0.15, 0.2) is 6.29 Å². The zero-order valence-electron chi connectivity index (χ0n) is 5.39. The fourth-order valence-corrected chi connectivity index (χ4v) is 0.477. The number of hydrogen-bond acceptors (Lipinski definition) is 3. The molecule has 0 saturated heterocycles. The predicted octanol–water partition coefficient (Wildman–Crippen LogP) is 0.649. The second-order valence-corrected chi connectivity index (χ2v) is 1.59. The summed E-state index contributed by atoms with van der Waals surface area (Å²) in [6.45, 7) is 2.05. The molecule has 0 radical (unpaired) electrons. The first-order valence-electron chi connectivity index (χ1n) is 2.73. The van der Waals surface area contributed by atoms with E-state index in [1.807, 2.05) is 6.92 Å². The van der Waals surface area contributed by atoms with E-state index >= 15 is 0 Å². The van der Waals surface area contributed by atoms with Gasteiger partial charge in [0.05, 0.1) is 0 Å². The molecule has 3 heteroatoms. The molecule has 0 bridgehead atoms. The Morgan fingerprint density at radius 3 is 2.38 bits per heavy atom. The summed E-state index contributed by atoms with van der Waals surface area (Å²) in [4.78, 5) is 4.42. The molecule has 0 aromatic carbocycles. The van der Waals surface area contributed by atoms with E-state index < -0.39 is 0 Å². The lowest BCUT2D eigenvalue weighted by Crippen LogP contribution is -2.18. The molecule has 1 atom stereocenters. The van der Waals surface area contributed by atoms with Gasteiger partial charge in [-0.15, -0.1) is 0 Å². The molecule has 0 amide bonds. The average Bonchev–Trinajstić information content (AvgIpc) is 1.83. The Bertz CT molecular complexity index is 45.7. The molecule has 0 fully saturated rings. The van der Waals surface area contributed by atoms with E-state index in [-0.39, 0.29) is 6.29 Å². The van der Waals surface area contributed by atoms with Crippen LogP contribution in [-0.4, -0.2) is 13.4 Å². The fraction of sp³-hybridized carbons (Fsp3) is 1.00. The number of hydrogen-bond donors (Lipinski definition) is 1. The van der Waals surface area contributed by atoms with Crippen LogP contribution in [0.3, 0.4) is 0 Å². The molecule has 8 heavy (non-hydrogen) atoms. The normalized spacial score (nSPS) is 13.9. The highest BCUT2D eigenvalue weighted by atomic mass is 16.7. The molecule has 3 nitrogen and oxygen atoms in total. The van der Waals surface area contributed by atoms with Crippen LogP contribution in [0.2, 0.25) is 0 Å². The largest absolute Gasteiger partial charge is 0.354 e. The molecule has 0 heterocycles. The zero-order valence-corrected chi connectivity index (χ0v) is 5.39. The number of nitrogens with two attached hydrogens (primary N) is 1. The lowest BCUT2D eigenvalue weighted by Gasteiger charge is -2.09. The SMILES string of the molecule is CCCC(OC)ON. The summed E-state index contributed by atoms with van der Waals surface area (Å²) in [5, 5.41) is 0. The van der Waals surface area contributed by atoms with Gasteiger partial charge in [-0.2, -0.15) is 0 Å². The van der Waals surface area contributed by atoms with E-state index in [1.165, 1.54) is 0 Å². The number of ether oxygens (including phenoxy) is 1. The van der Waals surface area contributed by atoms with Crippen LogP contribution in [0.4, 0.5) is 0 Å². The fourth-order valence-electron chi connectivity index (χ4n) is 0.477. The van der Waals surface area contributed by atoms with Crippen molar-refractivity contribution >= 4 is 0 Å². The Hall–Kier alpha value is -0.120. The Kier molecular flexibility index (Phi) is 4.95. The van der Waals surface area contributed by atoms with E-state index in [9.17, 15) is 0 Å². The van der Waals surface area contributed by atoms with Gasteiger partial charge in [-0.1, -0.05) is 13.3 Å². The molecule has 0 aliphatic heterocycles. The lowest BCUT2D eigenvalue weighted by atomic mass is 10.3. The minimum atomic E-state index is -0.222. The van der Waals surface area contributed by atoms with Gasteiger partial charge >= 0.3 is 0 Å². The van der Waals surface area contributed by atoms with Gasteiger partial charge in [0, 0.05) is 7.11 Å². The molecule has 0 aromatic rings. The summed E-state index contributed by atoms with van der Waals surface area (Å²) in [6.07, 6.45) is 1.66. The van der Waals surface area contributed by atoms with Crippen molar-refractivity contribution in [1.82, 2.24) is 0 Å². The van der Waals surface area contributed by atoms with Crippen LogP contribution in [0.25, 0.3) is 0 Å². The molecule has 0 spiro atoms. The smallest absolute Gasteiger partial charge is 0.176 e. The topological polar surface area (TPSA) is 44.5 Å². The van der Waals surface area contributed by atoms with Crippen molar-refractivity contribution < 1.29 is 9.57 Å². The Morgan fingerprint density at radius 1 is 1.62 bits per heavy atom. The van der Waals surface area contributed by atoms with Crippen molar-refractivity contribution in [3.05, 3.63) is 0 Å². The van der Waals surface area contributed by atoms with E-state index in [0.29, 0.717) is 0 Å². The standard InChI is InChI=1S/C5H13NO2/c1-3-4-5(7-2)8-6/h5H,3-4,6H2,1-2H3. The van der Waals surface area contributed by atoms with Crippen LogP contribution in [-0.2, 0) is 9.57 Å². The summed E-state index contributed by atoms with van der Waals surface area (Å²) in [6, 6.07) is 0. The highest BCUT2D eigenvalue weighted by Gasteiger charge is 2.00. The highest BCUT2D eigenvalue weighted by Crippen LogP contribution is 1.97. The third kappa shape index (κ3) is 2.96. The Morgan fingerprint density at radius 2 is 2.25 bits per heavy atom. The maximum absolute atomic E-state index is 4.84.